The molecular weight excluding hydrogens is 299 g/mol. The summed E-state index contributed by atoms with van der Waals surface area (Å²) in [6, 6.07) is 9.19. The Labute approximate surface area is 130 Å². The minimum Gasteiger partial charge on any atom is -0.450 e. The molecule has 0 atom stereocenters. The fourth-order valence-corrected chi connectivity index (χ4v) is 1.91. The minimum absolute atomic E-state index is 0.0135. The lowest BCUT2D eigenvalue weighted by Gasteiger charge is -2.10. The molecule has 1 amide bonds. The Bertz CT molecular complexity index is 856. The Hall–Kier alpha value is -3.35. The van der Waals surface area contributed by atoms with E-state index in [2.05, 4.69) is 15.0 Å². The van der Waals surface area contributed by atoms with Gasteiger partial charge in [0, 0.05) is 18.0 Å². The van der Waals surface area contributed by atoms with Gasteiger partial charge in [0.2, 0.25) is 0 Å². The van der Waals surface area contributed by atoms with Gasteiger partial charge in [-0.1, -0.05) is 12.1 Å². The Balaban J connectivity index is 2.01. The third-order valence-electron chi connectivity index (χ3n) is 2.98. The molecule has 6 nitrogen and oxygen atoms in total. The number of nitrogens with zero attached hydrogens (tertiary/aromatic N) is 3. The van der Waals surface area contributed by atoms with Crippen molar-refractivity contribution < 1.29 is 13.9 Å². The molecule has 2 heterocycles. The summed E-state index contributed by atoms with van der Waals surface area (Å²) < 4.78 is 19.0. The van der Waals surface area contributed by atoms with Gasteiger partial charge in [-0.25, -0.2) is 14.4 Å². The molecule has 0 fully saturated rings. The first-order valence-electron chi connectivity index (χ1n) is 6.65. The highest BCUT2D eigenvalue weighted by Crippen LogP contribution is 2.27. The van der Waals surface area contributed by atoms with Gasteiger partial charge < -0.3 is 10.5 Å². The largest absolute Gasteiger partial charge is 0.450 e. The summed E-state index contributed by atoms with van der Waals surface area (Å²) in [5.74, 6) is -1.13. The third kappa shape index (κ3) is 3.13. The summed E-state index contributed by atoms with van der Waals surface area (Å²) in [6.07, 6.45) is 4.44. The van der Waals surface area contributed by atoms with Gasteiger partial charge in [0.1, 0.15) is 0 Å². The normalized spacial score (nSPS) is 10.3. The average molecular weight is 310 g/mol. The first-order valence-corrected chi connectivity index (χ1v) is 6.65. The zero-order valence-corrected chi connectivity index (χ0v) is 11.8. The molecular formula is C16H11FN4O2. The van der Waals surface area contributed by atoms with Crippen LogP contribution in [0.4, 0.5) is 4.39 Å². The molecule has 1 aromatic carbocycles. The minimum atomic E-state index is -0.797. The number of rotatable bonds is 4. The molecule has 2 N–H and O–H groups in total. The number of carbonyl (C=O) groups excluding carboxylic acids is 1. The number of hydrogen-bond acceptors (Lipinski definition) is 5. The lowest BCUT2D eigenvalue weighted by molar-refractivity contribution is 0.0993. The lowest BCUT2D eigenvalue weighted by atomic mass is 10.2. The summed E-state index contributed by atoms with van der Waals surface area (Å²) in [4.78, 5) is 23.8. The van der Waals surface area contributed by atoms with Gasteiger partial charge in [-0.15, -0.1) is 0 Å². The summed E-state index contributed by atoms with van der Waals surface area (Å²) in [6.45, 7) is 0. The summed E-state index contributed by atoms with van der Waals surface area (Å²) in [7, 11) is 0. The van der Waals surface area contributed by atoms with Gasteiger partial charge in [-0.05, 0) is 24.3 Å². The van der Waals surface area contributed by atoms with Crippen molar-refractivity contribution in [2.75, 3.05) is 0 Å². The molecule has 23 heavy (non-hydrogen) atoms. The zero-order chi connectivity index (χ0) is 16.2. The van der Waals surface area contributed by atoms with Crippen molar-refractivity contribution in [3.05, 3.63) is 66.5 Å². The number of carbonyl (C=O) groups is 1. The molecule has 0 aliphatic rings. The number of nitrogens with two attached hydrogens (primary N) is 1. The number of pyridine rings is 1. The van der Waals surface area contributed by atoms with Crippen LogP contribution in [0.5, 0.6) is 11.5 Å². The molecule has 0 bridgehead atoms. The maximum atomic E-state index is 13.7. The number of primary amides is 1. The van der Waals surface area contributed by atoms with Crippen LogP contribution >= 0.6 is 0 Å². The van der Waals surface area contributed by atoms with Crippen molar-refractivity contribution >= 4 is 5.91 Å². The number of aromatic nitrogens is 3. The molecule has 0 aliphatic heterocycles. The molecule has 0 unspecified atom stereocenters. The fraction of sp³-hybridized carbons (Fsp3) is 0. The second kappa shape index (κ2) is 6.18. The van der Waals surface area contributed by atoms with E-state index in [4.69, 9.17) is 10.5 Å². The van der Waals surface area contributed by atoms with Crippen molar-refractivity contribution in [3.63, 3.8) is 0 Å². The monoisotopic (exact) mass is 310 g/mol. The number of para-hydroxylation sites is 1. The molecule has 3 aromatic rings. The predicted octanol–water partition coefficient (Wildman–Crippen LogP) is 2.57. The van der Waals surface area contributed by atoms with Gasteiger partial charge >= 0.3 is 0 Å². The van der Waals surface area contributed by atoms with Gasteiger partial charge in [0.25, 0.3) is 5.91 Å². The second-order valence-corrected chi connectivity index (χ2v) is 4.54. The maximum Gasteiger partial charge on any atom is 0.271 e. The molecule has 0 radical (unpaired) electrons. The highest BCUT2D eigenvalue weighted by atomic mass is 19.1. The topological polar surface area (TPSA) is 91.0 Å². The molecule has 3 rings (SSSR count). The van der Waals surface area contributed by atoms with Crippen LogP contribution in [-0.4, -0.2) is 20.9 Å². The van der Waals surface area contributed by atoms with Gasteiger partial charge in [0.05, 0.1) is 6.20 Å². The predicted molar refractivity (Wildman–Crippen MR) is 80.3 cm³/mol. The van der Waals surface area contributed by atoms with Crippen molar-refractivity contribution in [2.45, 2.75) is 0 Å². The van der Waals surface area contributed by atoms with Crippen molar-refractivity contribution in [1.82, 2.24) is 15.0 Å². The molecule has 0 aliphatic carbocycles. The Kier molecular flexibility index (Phi) is 3.92. The summed E-state index contributed by atoms with van der Waals surface area (Å²) >= 11 is 0. The van der Waals surface area contributed by atoms with Crippen LogP contribution in [0.1, 0.15) is 10.5 Å². The van der Waals surface area contributed by atoms with Crippen LogP contribution in [0.3, 0.4) is 0 Å². The standard InChI is InChI=1S/C16H11FN4O2/c17-11-3-1-2-4-12(11)23-13-9-20-16(21-14(13)15(18)22)10-5-7-19-8-6-10/h1-9H,(H2,18,22). The molecule has 7 heteroatoms. The zero-order valence-electron chi connectivity index (χ0n) is 11.8. The van der Waals surface area contributed by atoms with Crippen LogP contribution in [0, 0.1) is 5.82 Å². The van der Waals surface area contributed by atoms with E-state index in [1.165, 1.54) is 24.4 Å². The quantitative estimate of drug-likeness (QED) is 0.799. The van der Waals surface area contributed by atoms with E-state index in [0.29, 0.717) is 11.4 Å². The fourth-order valence-electron chi connectivity index (χ4n) is 1.91. The van der Waals surface area contributed by atoms with E-state index in [-0.39, 0.29) is 17.2 Å². The maximum absolute atomic E-state index is 13.7. The summed E-state index contributed by atoms with van der Waals surface area (Å²) in [5.41, 5.74) is 5.87. The van der Waals surface area contributed by atoms with Gasteiger partial charge in [-0.2, -0.15) is 0 Å². The number of halogens is 1. The van der Waals surface area contributed by atoms with E-state index in [9.17, 15) is 9.18 Å². The number of ether oxygens (including phenoxy) is 1. The lowest BCUT2D eigenvalue weighted by Crippen LogP contribution is -2.15. The van der Waals surface area contributed by atoms with Gasteiger partial charge in [-0.3, -0.25) is 9.78 Å². The van der Waals surface area contributed by atoms with E-state index < -0.39 is 11.7 Å². The van der Waals surface area contributed by atoms with Gasteiger partial charge in [0.15, 0.2) is 28.8 Å². The van der Waals surface area contributed by atoms with Crippen molar-refractivity contribution in [1.29, 1.82) is 0 Å². The first kappa shape index (κ1) is 14.6. The van der Waals surface area contributed by atoms with Crippen LogP contribution in [0.25, 0.3) is 11.4 Å². The molecule has 0 spiro atoms. The molecule has 2 aromatic heterocycles. The highest BCUT2D eigenvalue weighted by molar-refractivity contribution is 5.94. The molecule has 0 saturated carbocycles. The third-order valence-corrected chi connectivity index (χ3v) is 2.98. The number of hydrogen-bond donors (Lipinski definition) is 1. The van der Waals surface area contributed by atoms with Crippen LogP contribution < -0.4 is 10.5 Å². The summed E-state index contributed by atoms with van der Waals surface area (Å²) in [5, 5.41) is 0. The number of amides is 1. The number of benzene rings is 1. The smallest absolute Gasteiger partial charge is 0.271 e. The second-order valence-electron chi connectivity index (χ2n) is 4.54. The Morgan fingerprint density at radius 3 is 2.52 bits per heavy atom. The van der Waals surface area contributed by atoms with E-state index >= 15 is 0 Å². The van der Waals surface area contributed by atoms with E-state index in [1.54, 1.807) is 30.6 Å². The molecule has 114 valence electrons. The van der Waals surface area contributed by atoms with E-state index in [0.717, 1.165) is 0 Å². The molecule has 0 saturated heterocycles. The van der Waals surface area contributed by atoms with Crippen LogP contribution in [0.15, 0.2) is 55.0 Å². The van der Waals surface area contributed by atoms with Crippen LogP contribution in [0.2, 0.25) is 0 Å². The van der Waals surface area contributed by atoms with Crippen LogP contribution in [-0.2, 0) is 0 Å². The Morgan fingerprint density at radius 2 is 1.83 bits per heavy atom. The first-order chi connectivity index (χ1) is 11.1. The SMILES string of the molecule is NC(=O)c1nc(-c2ccncc2)ncc1Oc1ccccc1F. The van der Waals surface area contributed by atoms with Crippen molar-refractivity contribution in [2.24, 2.45) is 5.73 Å². The average Bonchev–Trinajstić information content (AvgIpc) is 2.58. The van der Waals surface area contributed by atoms with E-state index in [1.807, 2.05) is 0 Å². The highest BCUT2D eigenvalue weighted by Gasteiger charge is 2.16. The Morgan fingerprint density at radius 1 is 1.09 bits per heavy atom. The van der Waals surface area contributed by atoms with Crippen molar-refractivity contribution in [3.8, 4) is 22.9 Å².